The number of ether oxygens (including phenoxy) is 1. The molecule has 0 saturated heterocycles. The summed E-state index contributed by atoms with van der Waals surface area (Å²) in [4.78, 5) is 16.5. The highest BCUT2D eigenvalue weighted by Crippen LogP contribution is 2.22. The number of hydrogen-bond acceptors (Lipinski definition) is 4. The van der Waals surface area contributed by atoms with Gasteiger partial charge in [-0.15, -0.1) is 0 Å². The molecule has 2 rings (SSSR count). The van der Waals surface area contributed by atoms with Crippen LogP contribution in [-0.2, 0) is 0 Å². The Labute approximate surface area is 118 Å². The molecule has 0 aliphatic heterocycles. The van der Waals surface area contributed by atoms with Crippen molar-refractivity contribution < 1.29 is 13.9 Å². The molecule has 1 aromatic carbocycles. The maximum atomic E-state index is 12.2. The van der Waals surface area contributed by atoms with Gasteiger partial charge in [-0.2, -0.15) is 0 Å². The zero-order chi connectivity index (χ0) is 14.7. The third-order valence-electron chi connectivity index (χ3n) is 2.86. The number of rotatable bonds is 4. The average Bonchev–Trinajstić information content (AvgIpc) is 2.82. The van der Waals surface area contributed by atoms with E-state index < -0.39 is 0 Å². The molecule has 0 fully saturated rings. The molecule has 0 bridgehead atoms. The molecule has 106 valence electrons. The number of oxazole rings is 1. The lowest BCUT2D eigenvalue weighted by molar-refractivity contribution is 0.0993. The molecule has 1 amide bonds. The van der Waals surface area contributed by atoms with Crippen molar-refractivity contribution in [3.8, 4) is 5.75 Å². The minimum absolute atomic E-state index is 0.129. The number of aromatic nitrogens is 1. The third kappa shape index (κ3) is 2.99. The van der Waals surface area contributed by atoms with Crippen LogP contribution in [0, 0.1) is 6.92 Å². The van der Waals surface area contributed by atoms with Crippen LogP contribution < -0.4 is 10.1 Å². The second kappa shape index (κ2) is 5.77. The molecule has 20 heavy (non-hydrogen) atoms. The van der Waals surface area contributed by atoms with Crippen LogP contribution in [0.4, 0.5) is 5.69 Å². The number of anilines is 1. The minimum atomic E-state index is -0.292. The topological polar surface area (TPSA) is 64.4 Å². The summed E-state index contributed by atoms with van der Waals surface area (Å²) < 4.78 is 10.5. The summed E-state index contributed by atoms with van der Waals surface area (Å²) in [5.41, 5.74) is 1.35. The van der Waals surface area contributed by atoms with Gasteiger partial charge in [0.1, 0.15) is 5.75 Å². The fourth-order valence-electron chi connectivity index (χ4n) is 1.86. The molecule has 5 nitrogen and oxygen atoms in total. The minimum Gasteiger partial charge on any atom is -0.497 e. The van der Waals surface area contributed by atoms with Crippen molar-refractivity contribution in [2.45, 2.75) is 26.7 Å². The Morgan fingerprint density at radius 1 is 1.30 bits per heavy atom. The van der Waals surface area contributed by atoms with E-state index >= 15 is 0 Å². The monoisotopic (exact) mass is 274 g/mol. The van der Waals surface area contributed by atoms with Gasteiger partial charge in [-0.3, -0.25) is 4.79 Å². The van der Waals surface area contributed by atoms with Gasteiger partial charge in [0.15, 0.2) is 5.89 Å². The average molecular weight is 274 g/mol. The molecule has 0 saturated carbocycles. The lowest BCUT2D eigenvalue weighted by Crippen LogP contribution is -2.13. The van der Waals surface area contributed by atoms with Crippen LogP contribution in [0.25, 0.3) is 0 Å². The van der Waals surface area contributed by atoms with E-state index in [-0.39, 0.29) is 17.6 Å². The molecule has 1 N–H and O–H groups in total. The van der Waals surface area contributed by atoms with E-state index in [4.69, 9.17) is 9.15 Å². The smallest absolute Gasteiger partial charge is 0.293 e. The van der Waals surface area contributed by atoms with E-state index in [1.165, 1.54) is 0 Å². The van der Waals surface area contributed by atoms with Gasteiger partial charge in [-0.25, -0.2) is 4.98 Å². The van der Waals surface area contributed by atoms with E-state index in [0.717, 1.165) is 5.75 Å². The van der Waals surface area contributed by atoms with E-state index in [2.05, 4.69) is 10.3 Å². The molecule has 0 spiro atoms. The zero-order valence-corrected chi connectivity index (χ0v) is 12.1. The summed E-state index contributed by atoms with van der Waals surface area (Å²) in [6.07, 6.45) is 0. The number of carbonyl (C=O) groups excluding carboxylic acids is 1. The van der Waals surface area contributed by atoms with Gasteiger partial charge in [0, 0.05) is 12.6 Å². The van der Waals surface area contributed by atoms with Crippen LogP contribution in [-0.4, -0.2) is 18.0 Å². The predicted molar refractivity (Wildman–Crippen MR) is 76.3 cm³/mol. The molecule has 0 aliphatic rings. The first kappa shape index (κ1) is 14.1. The summed E-state index contributed by atoms with van der Waals surface area (Å²) in [7, 11) is 1.60. The second-order valence-electron chi connectivity index (χ2n) is 4.78. The van der Waals surface area contributed by atoms with Gasteiger partial charge in [0.25, 0.3) is 5.91 Å². The van der Waals surface area contributed by atoms with Gasteiger partial charge in [-0.1, -0.05) is 13.8 Å². The molecular weight excluding hydrogens is 256 g/mol. The lowest BCUT2D eigenvalue weighted by Gasteiger charge is -2.06. The summed E-state index contributed by atoms with van der Waals surface area (Å²) in [6, 6.07) is 7.11. The first-order valence-corrected chi connectivity index (χ1v) is 6.44. The number of hydrogen-bond donors (Lipinski definition) is 1. The van der Waals surface area contributed by atoms with Crippen molar-refractivity contribution in [2.75, 3.05) is 12.4 Å². The van der Waals surface area contributed by atoms with Crippen molar-refractivity contribution in [1.82, 2.24) is 4.98 Å². The van der Waals surface area contributed by atoms with Crippen LogP contribution in [0.15, 0.2) is 28.7 Å². The predicted octanol–water partition coefficient (Wildman–Crippen LogP) is 3.37. The van der Waals surface area contributed by atoms with E-state index in [1.54, 1.807) is 38.3 Å². The number of benzene rings is 1. The van der Waals surface area contributed by atoms with Crippen molar-refractivity contribution in [1.29, 1.82) is 0 Å². The molecular formula is C15H18N2O3. The molecule has 0 aliphatic carbocycles. The van der Waals surface area contributed by atoms with Crippen molar-refractivity contribution in [3.05, 3.63) is 41.6 Å². The van der Waals surface area contributed by atoms with Crippen molar-refractivity contribution in [2.24, 2.45) is 0 Å². The fourth-order valence-corrected chi connectivity index (χ4v) is 1.86. The molecule has 0 radical (unpaired) electrons. The quantitative estimate of drug-likeness (QED) is 0.928. The normalized spacial score (nSPS) is 10.7. The summed E-state index contributed by atoms with van der Waals surface area (Å²) >= 11 is 0. The van der Waals surface area contributed by atoms with Crippen LogP contribution >= 0.6 is 0 Å². The highest BCUT2D eigenvalue weighted by molar-refractivity contribution is 6.03. The number of nitrogens with one attached hydrogen (secondary N) is 1. The van der Waals surface area contributed by atoms with Gasteiger partial charge >= 0.3 is 0 Å². The Bertz CT molecular complexity index is 600. The molecule has 0 unspecified atom stereocenters. The van der Waals surface area contributed by atoms with Gasteiger partial charge in [0.2, 0.25) is 5.76 Å². The second-order valence-corrected chi connectivity index (χ2v) is 4.78. The van der Waals surface area contributed by atoms with Crippen LogP contribution in [0.2, 0.25) is 0 Å². The summed E-state index contributed by atoms with van der Waals surface area (Å²) in [6.45, 7) is 5.68. The van der Waals surface area contributed by atoms with Crippen molar-refractivity contribution in [3.63, 3.8) is 0 Å². The van der Waals surface area contributed by atoms with E-state index in [0.29, 0.717) is 17.3 Å². The fraction of sp³-hybridized carbons (Fsp3) is 0.333. The number of nitrogens with zero attached hydrogens (tertiary/aromatic N) is 1. The highest BCUT2D eigenvalue weighted by Gasteiger charge is 2.21. The number of amides is 1. The highest BCUT2D eigenvalue weighted by atomic mass is 16.5. The zero-order valence-electron chi connectivity index (χ0n) is 12.1. The van der Waals surface area contributed by atoms with Gasteiger partial charge in [0.05, 0.1) is 12.8 Å². The van der Waals surface area contributed by atoms with Crippen LogP contribution in [0.3, 0.4) is 0 Å². The molecule has 1 heterocycles. The largest absolute Gasteiger partial charge is 0.497 e. The Kier molecular flexibility index (Phi) is 4.08. The molecule has 1 aromatic heterocycles. The van der Waals surface area contributed by atoms with Crippen molar-refractivity contribution >= 4 is 11.6 Å². The maximum Gasteiger partial charge on any atom is 0.293 e. The van der Waals surface area contributed by atoms with E-state index in [9.17, 15) is 4.79 Å². The first-order chi connectivity index (χ1) is 9.51. The number of carbonyl (C=O) groups is 1. The first-order valence-electron chi connectivity index (χ1n) is 6.44. The Balaban J connectivity index is 2.19. The van der Waals surface area contributed by atoms with E-state index in [1.807, 2.05) is 13.8 Å². The number of methoxy groups -OCH3 is 1. The number of aryl methyl sites for hydroxylation is 1. The Hall–Kier alpha value is -2.30. The van der Waals surface area contributed by atoms with Crippen LogP contribution in [0.1, 0.15) is 41.9 Å². The third-order valence-corrected chi connectivity index (χ3v) is 2.86. The Morgan fingerprint density at radius 3 is 2.50 bits per heavy atom. The van der Waals surface area contributed by atoms with Gasteiger partial charge in [-0.05, 0) is 30.2 Å². The SMILES string of the molecule is COc1ccc(NC(=O)c2oc(C)nc2C(C)C)cc1. The summed E-state index contributed by atoms with van der Waals surface area (Å²) in [5.74, 6) is 1.34. The maximum absolute atomic E-state index is 12.2. The standard InChI is InChI=1S/C15H18N2O3/c1-9(2)13-14(20-10(3)16-13)15(18)17-11-5-7-12(19-4)8-6-11/h5-9H,1-4H3,(H,17,18). The van der Waals surface area contributed by atoms with Gasteiger partial charge < -0.3 is 14.5 Å². The molecule has 2 aromatic rings. The molecule has 0 atom stereocenters. The Morgan fingerprint density at radius 2 is 1.95 bits per heavy atom. The lowest BCUT2D eigenvalue weighted by atomic mass is 10.1. The summed E-state index contributed by atoms with van der Waals surface area (Å²) in [5, 5.41) is 2.79. The van der Waals surface area contributed by atoms with Crippen LogP contribution in [0.5, 0.6) is 5.75 Å². The molecule has 5 heteroatoms.